The average Bonchev–Trinajstić information content (AvgIpc) is 3.16. The van der Waals surface area contributed by atoms with E-state index in [-0.39, 0.29) is 43.7 Å². The molecule has 5 nitrogen and oxygen atoms in total. The molecule has 0 radical (unpaired) electrons. The van der Waals surface area contributed by atoms with Crippen LogP contribution in [0.5, 0.6) is 5.75 Å². The Kier molecular flexibility index (Phi) is 7.31. The number of halogens is 3. The summed E-state index contributed by atoms with van der Waals surface area (Å²) in [5, 5.41) is 31.1. The molecule has 3 aromatic rings. The minimum atomic E-state index is -1.06. The van der Waals surface area contributed by atoms with Crippen LogP contribution in [0.25, 0.3) is 16.6 Å². The van der Waals surface area contributed by atoms with Crippen molar-refractivity contribution >= 4 is 16.9 Å². The van der Waals surface area contributed by atoms with Crippen molar-refractivity contribution in [1.82, 2.24) is 4.57 Å². The van der Waals surface area contributed by atoms with Crippen molar-refractivity contribution in [1.29, 1.82) is 0 Å². The Hall–Kier alpha value is -3.00. The number of alkyl halides is 1. The molecule has 1 heterocycles. The zero-order valence-corrected chi connectivity index (χ0v) is 19.5. The van der Waals surface area contributed by atoms with Crippen molar-refractivity contribution in [2.75, 3.05) is 13.3 Å². The van der Waals surface area contributed by atoms with Gasteiger partial charge in [-0.25, -0.2) is 8.78 Å². The highest BCUT2D eigenvalue weighted by molar-refractivity contribution is 5.94. The Bertz CT molecular complexity index is 1200. The van der Waals surface area contributed by atoms with E-state index < -0.39 is 35.1 Å². The van der Waals surface area contributed by atoms with Gasteiger partial charge in [-0.15, -0.1) is 0 Å². The number of aliphatic hydroxyl groups is 1. The molecule has 0 bridgehead atoms. The fraction of sp³-hybridized carbons (Fsp3) is 0.423. The number of hydrogen-bond acceptors (Lipinski definition) is 3. The van der Waals surface area contributed by atoms with Gasteiger partial charge in [0.05, 0.1) is 18.8 Å². The summed E-state index contributed by atoms with van der Waals surface area (Å²) >= 11 is 0. The van der Waals surface area contributed by atoms with E-state index >= 15 is 0 Å². The van der Waals surface area contributed by atoms with Crippen LogP contribution in [-0.4, -0.2) is 39.1 Å². The van der Waals surface area contributed by atoms with Gasteiger partial charge in [-0.05, 0) is 54.5 Å². The Morgan fingerprint density at radius 2 is 1.76 bits per heavy atom. The number of aliphatic hydroxyl groups excluding tert-OH is 1. The van der Waals surface area contributed by atoms with Gasteiger partial charge in [-0.3, -0.25) is 9.18 Å². The number of phenols is 1. The summed E-state index contributed by atoms with van der Waals surface area (Å²) in [6.07, 6.45) is 0.423. The molecule has 0 saturated carbocycles. The molecule has 0 spiro atoms. The first-order chi connectivity index (χ1) is 16.0. The smallest absolute Gasteiger partial charge is 0.303 e. The second-order valence-corrected chi connectivity index (χ2v) is 9.62. The lowest BCUT2D eigenvalue weighted by atomic mass is 9.70. The van der Waals surface area contributed by atoms with Gasteiger partial charge in [-0.2, -0.15) is 0 Å². The Morgan fingerprint density at radius 1 is 1.06 bits per heavy atom. The molecule has 0 aliphatic heterocycles. The van der Waals surface area contributed by atoms with E-state index in [2.05, 4.69) is 0 Å². The van der Waals surface area contributed by atoms with Gasteiger partial charge in [0.2, 0.25) is 0 Å². The number of aromatic nitrogens is 1. The van der Waals surface area contributed by atoms with E-state index in [1.165, 1.54) is 12.1 Å². The van der Waals surface area contributed by atoms with Crippen LogP contribution in [0.2, 0.25) is 0 Å². The number of carboxylic acid groups (broad SMARTS) is 1. The number of phenolic OH excluding ortho intramolecular Hbond substituents is 1. The van der Waals surface area contributed by atoms with Crippen LogP contribution in [0.1, 0.15) is 57.7 Å². The summed E-state index contributed by atoms with van der Waals surface area (Å²) in [6, 6.07) is 8.26. The minimum Gasteiger partial charge on any atom is -0.507 e. The Balaban J connectivity index is 2.51. The molecule has 0 unspecified atom stereocenters. The molecule has 8 heteroatoms. The van der Waals surface area contributed by atoms with Crippen molar-refractivity contribution in [3.8, 4) is 11.4 Å². The van der Waals surface area contributed by atoms with E-state index in [0.29, 0.717) is 22.2 Å². The van der Waals surface area contributed by atoms with Crippen LogP contribution >= 0.6 is 0 Å². The molecule has 0 fully saturated rings. The number of benzene rings is 2. The van der Waals surface area contributed by atoms with Gasteiger partial charge >= 0.3 is 5.97 Å². The zero-order chi connectivity index (χ0) is 25.3. The van der Waals surface area contributed by atoms with E-state index in [1.54, 1.807) is 30.5 Å². The Morgan fingerprint density at radius 3 is 2.35 bits per heavy atom. The maximum Gasteiger partial charge on any atom is 0.303 e. The third-order valence-corrected chi connectivity index (χ3v) is 6.53. The lowest BCUT2D eigenvalue weighted by Crippen LogP contribution is -2.32. The first-order valence-corrected chi connectivity index (χ1v) is 11.2. The quantitative estimate of drug-likeness (QED) is 0.347. The third-order valence-electron chi connectivity index (χ3n) is 6.53. The molecule has 1 atom stereocenters. The molecule has 34 heavy (non-hydrogen) atoms. The minimum absolute atomic E-state index is 0.0781. The number of fused-ring (bicyclic) bond motifs is 1. The van der Waals surface area contributed by atoms with Crippen molar-refractivity contribution in [2.45, 2.75) is 57.3 Å². The second-order valence-electron chi connectivity index (χ2n) is 9.62. The molecule has 0 aliphatic rings. The topological polar surface area (TPSA) is 82.7 Å². The second kappa shape index (κ2) is 9.70. The van der Waals surface area contributed by atoms with Gasteiger partial charge < -0.3 is 19.9 Å². The number of carbonyl (C=O) groups is 1. The molecule has 184 valence electrons. The van der Waals surface area contributed by atoms with Crippen molar-refractivity contribution in [3.63, 3.8) is 0 Å². The molecule has 2 aromatic carbocycles. The summed E-state index contributed by atoms with van der Waals surface area (Å²) in [6.45, 7) is 4.43. The first kappa shape index (κ1) is 25.6. The highest BCUT2D eigenvalue weighted by Gasteiger charge is 2.40. The summed E-state index contributed by atoms with van der Waals surface area (Å²) < 4.78 is 43.0. The first-order valence-electron chi connectivity index (χ1n) is 11.2. The van der Waals surface area contributed by atoms with Crippen LogP contribution in [0.4, 0.5) is 13.2 Å². The number of aromatic hydroxyl groups is 1. The highest BCUT2D eigenvalue weighted by Crippen LogP contribution is 2.49. The van der Waals surface area contributed by atoms with Gasteiger partial charge in [-0.1, -0.05) is 26.8 Å². The number of rotatable bonds is 10. The number of carboxylic acids is 1. The van der Waals surface area contributed by atoms with Crippen LogP contribution in [0, 0.1) is 11.6 Å². The van der Waals surface area contributed by atoms with Crippen molar-refractivity contribution in [3.05, 3.63) is 59.3 Å². The Labute approximate surface area is 196 Å². The summed E-state index contributed by atoms with van der Waals surface area (Å²) in [5.74, 6) is -3.16. The maximum atomic E-state index is 14.3. The third kappa shape index (κ3) is 4.64. The number of aliphatic carboxylic acids is 1. The molecular weight excluding hydrogens is 447 g/mol. The van der Waals surface area contributed by atoms with E-state index in [4.69, 9.17) is 0 Å². The zero-order valence-electron chi connectivity index (χ0n) is 19.5. The van der Waals surface area contributed by atoms with E-state index in [9.17, 15) is 33.3 Å². The number of hydrogen-bond donors (Lipinski definition) is 3. The standard InChI is InChI=1S/C26H30F3NO4/c1-25(2,15-31)24-23(26(3,11-5-13-27)12-10-21(33)34)22-19(6-4-7-20(22)32)30(24)16-8-9-17(28)18(29)14-16/h4,6-9,14,31-32H,5,10-13,15H2,1-3H3,(H,33,34)/t26-/m1/s1. The van der Waals surface area contributed by atoms with E-state index in [1.807, 2.05) is 6.92 Å². The summed E-state index contributed by atoms with van der Waals surface area (Å²) in [4.78, 5) is 11.5. The van der Waals surface area contributed by atoms with Gasteiger partial charge in [0.15, 0.2) is 11.6 Å². The predicted octanol–water partition coefficient (Wildman–Crippen LogP) is 5.76. The SMILES string of the molecule is CC(C)(CO)c1c([C@](C)(CCCF)CCC(=O)O)c2c(O)cccc2n1-c1ccc(F)c(F)c1. The maximum absolute atomic E-state index is 14.3. The van der Waals surface area contributed by atoms with E-state index in [0.717, 1.165) is 12.1 Å². The van der Waals surface area contributed by atoms with Crippen LogP contribution < -0.4 is 0 Å². The number of nitrogens with zero attached hydrogens (tertiary/aromatic N) is 1. The monoisotopic (exact) mass is 477 g/mol. The lowest BCUT2D eigenvalue weighted by molar-refractivity contribution is -0.137. The van der Waals surface area contributed by atoms with Crippen molar-refractivity contribution < 1.29 is 33.3 Å². The highest BCUT2D eigenvalue weighted by atomic mass is 19.2. The molecule has 0 amide bonds. The van der Waals surface area contributed by atoms with Gasteiger partial charge in [0.1, 0.15) is 5.75 Å². The molecule has 1 aromatic heterocycles. The van der Waals surface area contributed by atoms with Crippen LogP contribution in [0.15, 0.2) is 36.4 Å². The lowest BCUT2D eigenvalue weighted by Gasteiger charge is -2.35. The predicted molar refractivity (Wildman–Crippen MR) is 124 cm³/mol. The van der Waals surface area contributed by atoms with Gasteiger partial charge in [0, 0.05) is 34.7 Å². The van der Waals surface area contributed by atoms with Crippen LogP contribution in [-0.2, 0) is 15.6 Å². The fourth-order valence-electron chi connectivity index (χ4n) is 4.73. The normalized spacial score (nSPS) is 13.9. The molecule has 0 aliphatic carbocycles. The largest absolute Gasteiger partial charge is 0.507 e. The van der Waals surface area contributed by atoms with Crippen molar-refractivity contribution in [2.24, 2.45) is 0 Å². The molecule has 0 saturated heterocycles. The molecule has 3 N–H and O–H groups in total. The summed E-state index contributed by atoms with van der Waals surface area (Å²) in [7, 11) is 0. The molecule has 3 rings (SSSR count). The average molecular weight is 478 g/mol. The fourth-order valence-corrected chi connectivity index (χ4v) is 4.73. The molecular formula is C26H30F3NO4. The summed E-state index contributed by atoms with van der Waals surface area (Å²) in [5.41, 5.74) is 0.0185. The van der Waals surface area contributed by atoms with Crippen LogP contribution in [0.3, 0.4) is 0 Å². The van der Waals surface area contributed by atoms with Gasteiger partial charge in [0.25, 0.3) is 0 Å².